The summed E-state index contributed by atoms with van der Waals surface area (Å²) in [4.78, 5) is 11.4. The van der Waals surface area contributed by atoms with Gasteiger partial charge in [-0.2, -0.15) is 0 Å². The molecule has 7 heteroatoms. The van der Waals surface area contributed by atoms with Gasteiger partial charge < -0.3 is 25.7 Å². The van der Waals surface area contributed by atoms with Gasteiger partial charge in [0.25, 0.3) is 0 Å². The van der Waals surface area contributed by atoms with E-state index in [2.05, 4.69) is 5.32 Å². The second-order valence-electron chi connectivity index (χ2n) is 5.69. The summed E-state index contributed by atoms with van der Waals surface area (Å²) in [5, 5.41) is 41.1. The van der Waals surface area contributed by atoms with Gasteiger partial charge in [-0.25, -0.2) is 4.39 Å². The number of aryl methyl sites for hydroxylation is 1. The molecule has 0 heterocycles. The highest BCUT2D eigenvalue weighted by Gasteiger charge is 2.27. The lowest BCUT2D eigenvalue weighted by atomic mass is 10.0. The number of phenols is 2. The van der Waals surface area contributed by atoms with Crippen molar-refractivity contribution in [2.24, 2.45) is 0 Å². The van der Waals surface area contributed by atoms with Gasteiger partial charge in [-0.15, -0.1) is 0 Å². The highest BCUT2D eigenvalue weighted by Crippen LogP contribution is 2.29. The highest BCUT2D eigenvalue weighted by atomic mass is 19.1. The first kappa shape index (κ1) is 18.7. The van der Waals surface area contributed by atoms with Crippen molar-refractivity contribution in [1.29, 1.82) is 0 Å². The van der Waals surface area contributed by atoms with Crippen LogP contribution in [0.15, 0.2) is 42.5 Å². The monoisotopic (exact) mass is 349 g/mol. The molecule has 0 bridgehead atoms. The van der Waals surface area contributed by atoms with Crippen molar-refractivity contribution in [2.45, 2.75) is 25.0 Å². The average molecular weight is 349 g/mol. The molecule has 0 aliphatic rings. The zero-order chi connectivity index (χ0) is 18.4. The van der Waals surface area contributed by atoms with Crippen LogP contribution in [0, 0.1) is 5.82 Å². The molecule has 0 fully saturated rings. The van der Waals surface area contributed by atoms with E-state index in [1.54, 1.807) is 12.1 Å². The summed E-state index contributed by atoms with van der Waals surface area (Å²) in [5.41, 5.74) is 1.10. The fourth-order valence-electron chi connectivity index (χ4n) is 2.45. The summed E-state index contributed by atoms with van der Waals surface area (Å²) in [5.74, 6) is -2.33. The smallest absolute Gasteiger partial charge is 0.323 e. The van der Waals surface area contributed by atoms with E-state index in [-0.39, 0.29) is 17.1 Å². The second-order valence-corrected chi connectivity index (χ2v) is 5.69. The largest absolute Gasteiger partial charge is 0.504 e. The van der Waals surface area contributed by atoms with Gasteiger partial charge in [0.2, 0.25) is 0 Å². The molecule has 0 aliphatic heterocycles. The van der Waals surface area contributed by atoms with Gasteiger partial charge in [-0.1, -0.05) is 18.2 Å². The molecule has 0 amide bonds. The number of halogens is 1. The Morgan fingerprint density at radius 2 is 1.76 bits per heavy atom. The zero-order valence-corrected chi connectivity index (χ0v) is 13.4. The summed E-state index contributed by atoms with van der Waals surface area (Å²) in [6, 6.07) is 8.44. The molecule has 6 nitrogen and oxygen atoms in total. The number of hydrogen-bond donors (Lipinski definition) is 5. The quantitative estimate of drug-likeness (QED) is 0.368. The van der Waals surface area contributed by atoms with E-state index in [1.165, 1.54) is 24.3 Å². The number of aliphatic hydroxyl groups excluding tert-OH is 1. The maximum Gasteiger partial charge on any atom is 0.323 e. The van der Waals surface area contributed by atoms with E-state index in [0.29, 0.717) is 19.4 Å². The van der Waals surface area contributed by atoms with E-state index >= 15 is 0 Å². The van der Waals surface area contributed by atoms with Gasteiger partial charge in [0, 0.05) is 0 Å². The fraction of sp³-hybridized carbons (Fsp3) is 0.278. The van der Waals surface area contributed by atoms with Crippen molar-refractivity contribution >= 4 is 5.97 Å². The second kappa shape index (κ2) is 8.46. The molecule has 2 aromatic rings. The van der Waals surface area contributed by atoms with E-state index in [9.17, 15) is 29.6 Å². The maximum absolute atomic E-state index is 12.8. The van der Waals surface area contributed by atoms with Crippen molar-refractivity contribution in [1.82, 2.24) is 5.32 Å². The first-order valence-electron chi connectivity index (χ1n) is 7.79. The number of carbonyl (C=O) groups is 1. The molecule has 0 radical (unpaired) electrons. The predicted octanol–water partition coefficient (Wildman–Crippen LogP) is 1.95. The van der Waals surface area contributed by atoms with Crippen LogP contribution < -0.4 is 5.32 Å². The molecule has 134 valence electrons. The lowest BCUT2D eigenvalue weighted by Gasteiger charge is -2.21. The Morgan fingerprint density at radius 1 is 1.08 bits per heavy atom. The molecule has 0 aromatic heterocycles. The molecule has 1 unspecified atom stereocenters. The summed E-state index contributed by atoms with van der Waals surface area (Å²) in [6.07, 6.45) is -0.159. The van der Waals surface area contributed by atoms with Crippen molar-refractivity contribution < 1.29 is 29.6 Å². The van der Waals surface area contributed by atoms with Crippen LogP contribution in [0.5, 0.6) is 11.5 Å². The Morgan fingerprint density at radius 3 is 2.36 bits per heavy atom. The number of aromatic hydroxyl groups is 2. The van der Waals surface area contributed by atoms with Crippen molar-refractivity contribution in [3.63, 3.8) is 0 Å². The van der Waals surface area contributed by atoms with Gasteiger partial charge in [0.15, 0.2) is 11.5 Å². The number of aliphatic hydroxyl groups is 1. The van der Waals surface area contributed by atoms with Gasteiger partial charge in [0.1, 0.15) is 18.0 Å². The normalized spacial score (nSPS) is 13.4. The van der Waals surface area contributed by atoms with Crippen LogP contribution in [-0.2, 0) is 11.2 Å². The molecular weight excluding hydrogens is 329 g/mol. The number of rotatable bonds is 8. The summed E-state index contributed by atoms with van der Waals surface area (Å²) in [7, 11) is 0. The van der Waals surface area contributed by atoms with Gasteiger partial charge in [-0.3, -0.25) is 4.79 Å². The highest BCUT2D eigenvalue weighted by molar-refractivity contribution is 5.74. The maximum atomic E-state index is 12.8. The summed E-state index contributed by atoms with van der Waals surface area (Å²) in [6.45, 7) is 0.329. The van der Waals surface area contributed by atoms with E-state index < -0.39 is 23.9 Å². The lowest BCUT2D eigenvalue weighted by molar-refractivity contribution is -0.142. The SMILES string of the molecule is O=C(O)[C@@H](NCCCc1ccc(F)cc1)C(O)c1ccc(O)c(O)c1. The molecule has 5 N–H and O–H groups in total. The predicted molar refractivity (Wildman–Crippen MR) is 88.9 cm³/mol. The van der Waals surface area contributed by atoms with Crippen LogP contribution in [0.2, 0.25) is 0 Å². The Balaban J connectivity index is 1.92. The number of nitrogens with one attached hydrogen (secondary N) is 1. The lowest BCUT2D eigenvalue weighted by Crippen LogP contribution is -2.42. The summed E-state index contributed by atoms with van der Waals surface area (Å²) >= 11 is 0. The van der Waals surface area contributed by atoms with Crippen LogP contribution in [0.1, 0.15) is 23.7 Å². The molecule has 25 heavy (non-hydrogen) atoms. The molecule has 2 aromatic carbocycles. The molecule has 0 spiro atoms. The topological polar surface area (TPSA) is 110 Å². The van der Waals surface area contributed by atoms with Gasteiger partial charge in [-0.05, 0) is 54.8 Å². The third-order valence-electron chi connectivity index (χ3n) is 3.84. The van der Waals surface area contributed by atoms with Crippen LogP contribution >= 0.6 is 0 Å². The molecule has 2 atom stereocenters. The van der Waals surface area contributed by atoms with Crippen LogP contribution in [0.3, 0.4) is 0 Å². The third-order valence-corrected chi connectivity index (χ3v) is 3.84. The molecular formula is C18H20FNO5. The number of carboxylic acid groups (broad SMARTS) is 1. The van der Waals surface area contributed by atoms with Crippen molar-refractivity contribution in [3.8, 4) is 11.5 Å². The Hall–Kier alpha value is -2.64. The van der Waals surface area contributed by atoms with Crippen LogP contribution in [0.4, 0.5) is 4.39 Å². The zero-order valence-electron chi connectivity index (χ0n) is 13.4. The first-order chi connectivity index (χ1) is 11.9. The van der Waals surface area contributed by atoms with Gasteiger partial charge in [0.05, 0.1) is 0 Å². The number of aliphatic carboxylic acids is 1. The standard InChI is InChI=1S/C18H20FNO5/c19-13-6-3-11(4-7-13)2-1-9-20-16(18(24)25)17(23)12-5-8-14(21)15(22)10-12/h3-8,10,16-17,20-23H,1-2,9H2,(H,24,25)/t16-,17?/m0/s1. The van der Waals surface area contributed by atoms with Crippen LogP contribution in [-0.4, -0.2) is 39.0 Å². The van der Waals surface area contributed by atoms with Gasteiger partial charge >= 0.3 is 5.97 Å². The minimum absolute atomic E-state index is 0.175. The number of benzene rings is 2. The van der Waals surface area contributed by atoms with E-state index in [4.69, 9.17) is 0 Å². The molecule has 2 rings (SSSR count). The summed E-state index contributed by atoms with van der Waals surface area (Å²) < 4.78 is 12.8. The average Bonchev–Trinajstić information content (AvgIpc) is 2.58. The van der Waals surface area contributed by atoms with Crippen molar-refractivity contribution in [2.75, 3.05) is 6.54 Å². The molecule has 0 saturated carbocycles. The third kappa shape index (κ3) is 5.17. The molecule has 0 saturated heterocycles. The van der Waals surface area contributed by atoms with E-state index in [0.717, 1.165) is 11.6 Å². The number of hydrogen-bond acceptors (Lipinski definition) is 5. The number of phenolic OH excluding ortho intramolecular Hbond substituents is 2. The molecule has 0 aliphatic carbocycles. The minimum atomic E-state index is -1.39. The van der Waals surface area contributed by atoms with E-state index in [1.807, 2.05) is 0 Å². The Bertz CT molecular complexity index is 720. The van der Waals surface area contributed by atoms with Crippen molar-refractivity contribution in [3.05, 3.63) is 59.4 Å². The fourth-order valence-corrected chi connectivity index (χ4v) is 2.45. The Labute approximate surface area is 144 Å². The van der Waals surface area contributed by atoms with Crippen LogP contribution in [0.25, 0.3) is 0 Å². The first-order valence-corrected chi connectivity index (χ1v) is 7.79. The Kier molecular flexibility index (Phi) is 6.32. The number of carboxylic acids is 1. The minimum Gasteiger partial charge on any atom is -0.504 e.